The summed E-state index contributed by atoms with van der Waals surface area (Å²) < 4.78 is 15.9. The number of carbonyl (C=O) groups excluding carboxylic acids is 1. The van der Waals surface area contributed by atoms with Gasteiger partial charge in [0.05, 0.1) is 23.4 Å². The number of carbonyl (C=O) groups is 1. The van der Waals surface area contributed by atoms with Gasteiger partial charge in [-0.3, -0.25) is 9.48 Å². The maximum Gasteiger partial charge on any atom is 0.163 e. The standard InChI is InChI=1S/C24H33N5OS.C3H6FN.C2H3N/c1-24(2,3)28-15-17-14-18(10-11-22(17)31-28)26-23-20(16-30)21(12-13-25-4)29(27-23)19-8-6-5-7-9-19;4-3-1-5-2-3;1-2-3/h10-14,16,19,25H,5-9,15H2,1-4H3,(H,26,27);3,5H,1-2H2;1H3/b13-12-;;. The first-order valence-electron chi connectivity index (χ1n) is 13.6. The minimum atomic E-state index is -0.546. The Kier molecular flexibility index (Phi) is 11.4. The number of aldehydes is 1. The van der Waals surface area contributed by atoms with Gasteiger partial charge >= 0.3 is 0 Å². The predicted octanol–water partition coefficient (Wildman–Crippen LogP) is 6.21. The summed E-state index contributed by atoms with van der Waals surface area (Å²) in [7, 11) is 1.86. The van der Waals surface area contributed by atoms with Crippen molar-refractivity contribution in [3.63, 3.8) is 0 Å². The van der Waals surface area contributed by atoms with Crippen molar-refractivity contribution in [2.75, 3.05) is 25.5 Å². The van der Waals surface area contributed by atoms with Crippen LogP contribution in [0.25, 0.3) is 6.08 Å². The third-order valence-electron chi connectivity index (χ3n) is 6.76. The third-order valence-corrected chi connectivity index (χ3v) is 8.25. The molecule has 1 saturated carbocycles. The molecule has 10 heteroatoms. The molecule has 0 bridgehead atoms. The van der Waals surface area contributed by atoms with Crippen LogP contribution in [0.2, 0.25) is 0 Å². The van der Waals surface area contributed by atoms with E-state index in [4.69, 9.17) is 10.4 Å². The van der Waals surface area contributed by atoms with Gasteiger partial charge in [0.25, 0.3) is 0 Å². The summed E-state index contributed by atoms with van der Waals surface area (Å²) in [6, 6.07) is 8.52. The van der Waals surface area contributed by atoms with Crippen molar-refractivity contribution in [2.24, 2.45) is 0 Å². The average molecular weight is 556 g/mol. The van der Waals surface area contributed by atoms with Gasteiger partial charge in [-0.2, -0.15) is 10.4 Å². The lowest BCUT2D eigenvalue weighted by Gasteiger charge is -2.29. The van der Waals surface area contributed by atoms with Crippen LogP contribution in [-0.4, -0.2) is 52.2 Å². The average Bonchev–Trinajstić information content (AvgIpc) is 3.48. The van der Waals surface area contributed by atoms with E-state index >= 15 is 0 Å². The van der Waals surface area contributed by atoms with E-state index in [0.29, 0.717) is 30.5 Å². The molecular formula is C29H42FN7OS. The molecule has 212 valence electrons. The van der Waals surface area contributed by atoms with Crippen molar-refractivity contribution in [3.05, 3.63) is 41.2 Å². The molecule has 1 saturated heterocycles. The SMILES string of the molecule is CC#N.CN/C=C\c1c(C=O)c(Nc2ccc3c(c2)CN(C(C)(C)C)S3)nn1C1CCCCC1.FC1CNC1. The van der Waals surface area contributed by atoms with Crippen LogP contribution in [0.3, 0.4) is 0 Å². The minimum Gasteiger partial charge on any atom is -0.394 e. The summed E-state index contributed by atoms with van der Waals surface area (Å²) >= 11 is 1.81. The zero-order chi connectivity index (χ0) is 28.4. The van der Waals surface area contributed by atoms with Crippen molar-refractivity contribution < 1.29 is 9.18 Å². The van der Waals surface area contributed by atoms with E-state index in [2.05, 4.69) is 63.9 Å². The molecule has 0 amide bonds. The lowest BCUT2D eigenvalue weighted by molar-refractivity contribution is 0.112. The van der Waals surface area contributed by atoms with E-state index < -0.39 is 6.17 Å². The Morgan fingerprint density at radius 1 is 1.23 bits per heavy atom. The zero-order valence-corrected chi connectivity index (χ0v) is 24.6. The first-order valence-corrected chi connectivity index (χ1v) is 14.4. The highest BCUT2D eigenvalue weighted by molar-refractivity contribution is 7.97. The topological polar surface area (TPSA) is 98.0 Å². The number of aromatic nitrogens is 2. The fourth-order valence-electron chi connectivity index (χ4n) is 4.54. The van der Waals surface area contributed by atoms with Gasteiger partial charge in [-0.15, -0.1) is 0 Å². The number of halogens is 1. The molecule has 2 aromatic rings. The Balaban J connectivity index is 0.000000456. The molecule has 2 aliphatic heterocycles. The van der Waals surface area contributed by atoms with Crippen molar-refractivity contribution in [1.82, 2.24) is 24.7 Å². The largest absolute Gasteiger partial charge is 0.394 e. The highest BCUT2D eigenvalue weighted by atomic mass is 32.2. The second-order valence-electron chi connectivity index (χ2n) is 10.8. The van der Waals surface area contributed by atoms with Crippen LogP contribution in [-0.2, 0) is 6.54 Å². The Hall–Kier alpha value is -2.87. The summed E-state index contributed by atoms with van der Waals surface area (Å²) in [5, 5.41) is 21.5. The van der Waals surface area contributed by atoms with Gasteiger partial charge < -0.3 is 16.0 Å². The lowest BCUT2D eigenvalue weighted by atomic mass is 9.95. The monoisotopic (exact) mass is 555 g/mol. The molecule has 3 N–H and O–H groups in total. The van der Waals surface area contributed by atoms with Crippen LogP contribution in [0.1, 0.15) is 87.5 Å². The number of fused-ring (bicyclic) bond motifs is 1. The summed E-state index contributed by atoms with van der Waals surface area (Å²) in [5.74, 6) is 0.634. The number of nitriles is 1. The molecule has 0 unspecified atom stereocenters. The van der Waals surface area contributed by atoms with E-state index in [1.807, 2.05) is 31.3 Å². The smallest absolute Gasteiger partial charge is 0.163 e. The number of alkyl halides is 1. The maximum atomic E-state index is 12.1. The summed E-state index contributed by atoms with van der Waals surface area (Å²) in [5.41, 5.74) is 3.86. The minimum absolute atomic E-state index is 0.106. The maximum absolute atomic E-state index is 12.1. The third kappa shape index (κ3) is 8.31. The number of hydrogen-bond donors (Lipinski definition) is 3. The van der Waals surface area contributed by atoms with Crippen LogP contribution in [0.15, 0.2) is 29.3 Å². The van der Waals surface area contributed by atoms with Gasteiger partial charge in [0, 0.05) is 49.7 Å². The molecule has 3 aliphatic rings. The quantitative estimate of drug-likeness (QED) is 0.286. The molecular weight excluding hydrogens is 513 g/mol. The van der Waals surface area contributed by atoms with Crippen molar-refractivity contribution in [2.45, 2.75) is 89.0 Å². The summed E-state index contributed by atoms with van der Waals surface area (Å²) in [6.45, 7) is 10.2. The molecule has 0 spiro atoms. The van der Waals surface area contributed by atoms with Gasteiger partial charge in [-0.25, -0.2) is 8.70 Å². The fraction of sp³-hybridized carbons (Fsp3) is 0.552. The van der Waals surface area contributed by atoms with E-state index in [1.165, 1.54) is 36.6 Å². The van der Waals surface area contributed by atoms with Gasteiger partial charge in [0.1, 0.15) is 6.17 Å². The first kappa shape index (κ1) is 30.7. The van der Waals surface area contributed by atoms with E-state index in [0.717, 1.165) is 37.1 Å². The second kappa shape index (κ2) is 14.5. The summed E-state index contributed by atoms with van der Waals surface area (Å²) in [4.78, 5) is 13.4. The number of nitrogens with zero attached hydrogens (tertiary/aromatic N) is 4. The normalized spacial score (nSPS) is 17.7. The van der Waals surface area contributed by atoms with Crippen LogP contribution in [0.4, 0.5) is 15.9 Å². The summed E-state index contributed by atoms with van der Waals surface area (Å²) in [6.07, 6.45) is 10.1. The van der Waals surface area contributed by atoms with Gasteiger partial charge in [0.15, 0.2) is 12.1 Å². The number of benzene rings is 1. The molecule has 5 rings (SSSR count). The molecule has 1 aliphatic carbocycles. The van der Waals surface area contributed by atoms with E-state index in [9.17, 15) is 9.18 Å². The predicted molar refractivity (Wildman–Crippen MR) is 158 cm³/mol. The highest BCUT2D eigenvalue weighted by Crippen LogP contribution is 2.42. The van der Waals surface area contributed by atoms with Crippen molar-refractivity contribution in [3.8, 4) is 6.07 Å². The number of rotatable bonds is 6. The molecule has 1 aromatic heterocycles. The molecule has 8 nitrogen and oxygen atoms in total. The molecule has 0 atom stereocenters. The van der Waals surface area contributed by atoms with Gasteiger partial charge in [-0.1, -0.05) is 19.3 Å². The van der Waals surface area contributed by atoms with Crippen LogP contribution in [0.5, 0.6) is 0 Å². The number of nitrogens with one attached hydrogen (secondary N) is 3. The molecule has 1 aromatic carbocycles. The number of hydrogen-bond acceptors (Lipinski definition) is 8. The lowest BCUT2D eigenvalue weighted by Crippen LogP contribution is -2.43. The van der Waals surface area contributed by atoms with Crippen LogP contribution in [0, 0.1) is 11.3 Å². The van der Waals surface area contributed by atoms with Crippen LogP contribution >= 0.6 is 11.9 Å². The molecule has 0 radical (unpaired) electrons. The molecule has 39 heavy (non-hydrogen) atoms. The van der Waals surface area contributed by atoms with Gasteiger partial charge in [-0.05, 0) is 81.6 Å². The Morgan fingerprint density at radius 3 is 2.44 bits per heavy atom. The van der Waals surface area contributed by atoms with Gasteiger partial charge in [0.2, 0.25) is 0 Å². The van der Waals surface area contributed by atoms with E-state index in [-0.39, 0.29) is 5.54 Å². The fourth-order valence-corrected chi connectivity index (χ4v) is 5.63. The van der Waals surface area contributed by atoms with Crippen LogP contribution < -0.4 is 16.0 Å². The Bertz CT molecular complexity index is 1160. The Labute approximate surface area is 236 Å². The van der Waals surface area contributed by atoms with E-state index in [1.54, 1.807) is 6.07 Å². The van der Waals surface area contributed by atoms with Crippen molar-refractivity contribution in [1.29, 1.82) is 5.26 Å². The molecule has 2 fully saturated rings. The van der Waals surface area contributed by atoms with Crippen molar-refractivity contribution >= 4 is 35.8 Å². The Morgan fingerprint density at radius 2 is 1.90 bits per heavy atom. The highest BCUT2D eigenvalue weighted by Gasteiger charge is 2.30. The first-order chi connectivity index (χ1) is 18.7. The number of anilines is 2. The molecule has 3 heterocycles. The zero-order valence-electron chi connectivity index (χ0n) is 23.8. The second-order valence-corrected chi connectivity index (χ2v) is 11.9.